The fourth-order valence-corrected chi connectivity index (χ4v) is 6.63. The van der Waals surface area contributed by atoms with Gasteiger partial charge in [0.1, 0.15) is 6.61 Å². The molecular weight excluding hydrogens is 715 g/mol. The van der Waals surface area contributed by atoms with Gasteiger partial charge in [0.05, 0.1) is 34.4 Å². The lowest BCUT2D eigenvalue weighted by atomic mass is 10.1. The number of esters is 2. The molecule has 8 heteroatoms. The zero-order valence-corrected chi connectivity index (χ0v) is 37.5. The smallest absolute Gasteiger partial charge is 0.362 e. The molecule has 2 unspecified atom stereocenters. The zero-order chi connectivity index (χ0) is 42.1. The van der Waals surface area contributed by atoms with Crippen molar-refractivity contribution in [3.63, 3.8) is 0 Å². The number of unbranched alkanes of at least 4 members (excludes halogenated alkanes) is 19. The average Bonchev–Trinajstić information content (AvgIpc) is 3.17. The van der Waals surface area contributed by atoms with Gasteiger partial charge >= 0.3 is 17.9 Å². The lowest BCUT2D eigenvalue weighted by molar-refractivity contribution is -0.887. The minimum atomic E-state index is -0.878. The summed E-state index contributed by atoms with van der Waals surface area (Å²) in [5.74, 6) is -1.49. The summed E-state index contributed by atoms with van der Waals surface area (Å²) >= 11 is 0. The fraction of sp³-hybridized carbons (Fsp3) is 0.776. The van der Waals surface area contributed by atoms with Crippen molar-refractivity contribution in [1.29, 1.82) is 0 Å². The summed E-state index contributed by atoms with van der Waals surface area (Å²) in [5, 5.41) is 9.63. The van der Waals surface area contributed by atoms with Crippen molar-refractivity contribution < 1.29 is 38.2 Å². The topological polar surface area (TPSA) is 99.1 Å². The Labute approximate surface area is 350 Å². The van der Waals surface area contributed by atoms with Crippen molar-refractivity contribution in [2.45, 2.75) is 206 Å². The first-order valence-electron chi connectivity index (χ1n) is 23.2. The maximum absolute atomic E-state index is 12.7. The summed E-state index contributed by atoms with van der Waals surface area (Å²) in [6, 6.07) is -0.618. The van der Waals surface area contributed by atoms with Gasteiger partial charge in [-0.2, -0.15) is 0 Å². The second-order valence-electron chi connectivity index (χ2n) is 16.6. The second kappa shape index (κ2) is 40.1. The molecule has 2 atom stereocenters. The van der Waals surface area contributed by atoms with E-state index in [4.69, 9.17) is 14.2 Å². The number of nitrogens with zero attached hydrogens (tertiary/aromatic N) is 1. The average molecular weight is 803 g/mol. The van der Waals surface area contributed by atoms with Gasteiger partial charge < -0.3 is 23.8 Å². The number of carboxylic acids is 1. The highest BCUT2D eigenvalue weighted by Gasteiger charge is 2.31. The van der Waals surface area contributed by atoms with Gasteiger partial charge in [-0.1, -0.05) is 152 Å². The Morgan fingerprint density at radius 3 is 1.49 bits per heavy atom. The van der Waals surface area contributed by atoms with Crippen LogP contribution in [0, 0.1) is 0 Å². The number of aliphatic carboxylic acids is 1. The number of allylic oxidation sites excluding steroid dienone is 8. The van der Waals surface area contributed by atoms with Gasteiger partial charge in [-0.15, -0.1) is 0 Å². The maximum atomic E-state index is 12.7. The number of carbonyl (C=O) groups is 3. The second-order valence-corrected chi connectivity index (χ2v) is 16.6. The molecule has 0 saturated heterocycles. The van der Waals surface area contributed by atoms with Crippen LogP contribution in [-0.2, 0) is 28.6 Å². The first-order chi connectivity index (χ1) is 27.6. The van der Waals surface area contributed by atoms with Crippen LogP contribution in [0.2, 0.25) is 0 Å². The van der Waals surface area contributed by atoms with E-state index in [9.17, 15) is 19.5 Å². The van der Waals surface area contributed by atoms with E-state index in [1.165, 1.54) is 83.5 Å². The minimum Gasteiger partial charge on any atom is -0.477 e. The van der Waals surface area contributed by atoms with Crippen LogP contribution in [-0.4, -0.2) is 80.6 Å². The number of rotatable bonds is 41. The van der Waals surface area contributed by atoms with E-state index < -0.39 is 18.1 Å². The van der Waals surface area contributed by atoms with Gasteiger partial charge in [-0.25, -0.2) is 4.79 Å². The number of quaternary nitrogens is 1. The van der Waals surface area contributed by atoms with E-state index in [1.54, 1.807) is 0 Å². The highest BCUT2D eigenvalue weighted by atomic mass is 16.6. The van der Waals surface area contributed by atoms with Crippen molar-refractivity contribution in [3.05, 3.63) is 48.6 Å². The van der Waals surface area contributed by atoms with Crippen LogP contribution >= 0.6 is 0 Å². The molecule has 0 aliphatic rings. The molecule has 0 amide bonds. The summed E-state index contributed by atoms with van der Waals surface area (Å²) in [5.41, 5.74) is 0. The molecular formula is C49H88NO7+. The van der Waals surface area contributed by atoms with Crippen molar-refractivity contribution in [1.82, 2.24) is 0 Å². The third kappa shape index (κ3) is 38.6. The number of hydrogen-bond donors (Lipinski definition) is 1. The van der Waals surface area contributed by atoms with Crippen molar-refractivity contribution in [2.24, 2.45) is 0 Å². The molecule has 0 spiro atoms. The Hall–Kier alpha value is -2.71. The van der Waals surface area contributed by atoms with Gasteiger partial charge in [-0.3, -0.25) is 9.59 Å². The van der Waals surface area contributed by atoms with Crippen LogP contribution in [0.5, 0.6) is 0 Å². The summed E-state index contributed by atoms with van der Waals surface area (Å²) in [6.45, 7) is 4.61. The fourth-order valence-electron chi connectivity index (χ4n) is 6.63. The van der Waals surface area contributed by atoms with Crippen molar-refractivity contribution in [2.75, 3.05) is 41.0 Å². The number of carboxylic acid groups (broad SMARTS) is 1. The van der Waals surface area contributed by atoms with Crippen LogP contribution in [0.4, 0.5) is 0 Å². The third-order valence-electron chi connectivity index (χ3n) is 10.2. The molecule has 0 aromatic heterocycles. The molecule has 0 aliphatic carbocycles. The van der Waals surface area contributed by atoms with E-state index in [2.05, 4.69) is 62.5 Å². The van der Waals surface area contributed by atoms with Crippen LogP contribution in [0.15, 0.2) is 48.6 Å². The lowest BCUT2D eigenvalue weighted by Crippen LogP contribution is -2.50. The predicted molar refractivity (Wildman–Crippen MR) is 238 cm³/mol. The Balaban J connectivity index is 4.33. The predicted octanol–water partition coefficient (Wildman–Crippen LogP) is 12.8. The first-order valence-corrected chi connectivity index (χ1v) is 23.2. The number of likely N-dealkylation sites (N-methyl/N-ethyl adjacent to an activating group) is 1. The van der Waals surface area contributed by atoms with E-state index in [0.29, 0.717) is 19.3 Å². The van der Waals surface area contributed by atoms with E-state index in [-0.39, 0.29) is 36.2 Å². The summed E-state index contributed by atoms with van der Waals surface area (Å²) in [4.78, 5) is 37.0. The lowest BCUT2D eigenvalue weighted by Gasteiger charge is -2.31. The number of hydrogen-bond acceptors (Lipinski definition) is 6. The molecule has 1 N–H and O–H groups in total. The molecule has 0 fully saturated rings. The van der Waals surface area contributed by atoms with Crippen LogP contribution in [0.25, 0.3) is 0 Å². The Bertz CT molecular complexity index is 1070. The van der Waals surface area contributed by atoms with Gasteiger partial charge in [0, 0.05) is 19.3 Å². The van der Waals surface area contributed by atoms with Crippen LogP contribution in [0.1, 0.15) is 194 Å². The molecule has 0 aromatic rings. The highest BCUT2D eigenvalue weighted by Crippen LogP contribution is 2.14. The first kappa shape index (κ1) is 54.3. The van der Waals surface area contributed by atoms with E-state index >= 15 is 0 Å². The summed E-state index contributed by atoms with van der Waals surface area (Å²) in [6.07, 6.45) is 47.2. The maximum Gasteiger partial charge on any atom is 0.362 e. The molecule has 0 radical (unpaired) electrons. The molecule has 0 aromatic carbocycles. The zero-order valence-electron chi connectivity index (χ0n) is 37.5. The molecule has 0 heterocycles. The third-order valence-corrected chi connectivity index (χ3v) is 10.2. The monoisotopic (exact) mass is 803 g/mol. The molecule has 0 saturated carbocycles. The summed E-state index contributed by atoms with van der Waals surface area (Å²) in [7, 11) is 5.52. The number of ether oxygens (including phenoxy) is 3. The Morgan fingerprint density at radius 1 is 0.544 bits per heavy atom. The van der Waals surface area contributed by atoms with E-state index in [1.807, 2.05) is 21.1 Å². The Morgan fingerprint density at radius 2 is 0.982 bits per heavy atom. The molecule has 8 nitrogen and oxygen atoms in total. The van der Waals surface area contributed by atoms with Crippen molar-refractivity contribution in [3.8, 4) is 0 Å². The standard InChI is InChI=1S/C49H87NO7/c1-6-8-10-12-14-16-18-20-22-23-24-25-26-28-30-32-34-36-38-40-48(52)57-45(43-55-42-41-46(49(53)54)50(3,4)5)44-56-47(51)39-37-35-33-31-29-27-21-19-17-15-13-11-9-7-2/h8,10,14,16,20,22,27,29,45-46H,6-7,9,11-13,15,17-19,21,23-26,28,30-44H2,1-5H3/p+1/b10-8+,16-14+,22-20+,29-27+. The van der Waals surface area contributed by atoms with E-state index in [0.717, 1.165) is 77.0 Å². The molecule has 0 aliphatic heterocycles. The summed E-state index contributed by atoms with van der Waals surface area (Å²) < 4.78 is 17.3. The normalized spacial score (nSPS) is 13.4. The SMILES string of the molecule is CC/C=C/C/C=C/C/C=C/CCCCCCCCCCCC(=O)OC(COCCC(C(=O)O)[N+](C)(C)C)COC(=O)CCCCC/C=C/CCCCCCCCC. The van der Waals surface area contributed by atoms with Crippen molar-refractivity contribution >= 4 is 17.9 Å². The largest absolute Gasteiger partial charge is 0.477 e. The highest BCUT2D eigenvalue weighted by molar-refractivity contribution is 5.72. The quantitative estimate of drug-likeness (QED) is 0.0284. The van der Waals surface area contributed by atoms with Crippen LogP contribution < -0.4 is 0 Å². The van der Waals surface area contributed by atoms with Crippen LogP contribution in [0.3, 0.4) is 0 Å². The number of carbonyl (C=O) groups excluding carboxylic acids is 2. The molecule has 0 rings (SSSR count). The molecule has 330 valence electrons. The molecule has 0 bridgehead atoms. The van der Waals surface area contributed by atoms with Gasteiger partial charge in [0.25, 0.3) is 0 Å². The molecule has 57 heavy (non-hydrogen) atoms. The van der Waals surface area contributed by atoms with Gasteiger partial charge in [0.15, 0.2) is 12.1 Å². The van der Waals surface area contributed by atoms with Gasteiger partial charge in [-0.05, 0) is 70.6 Å². The van der Waals surface area contributed by atoms with Gasteiger partial charge in [0.2, 0.25) is 0 Å². The Kier molecular flexibility index (Phi) is 38.2. The minimum absolute atomic E-state index is 0.0541.